The third-order valence-corrected chi connectivity index (χ3v) is 16.7. The number of ketones is 1. The zero-order valence-electron chi connectivity index (χ0n) is 36.3. The van der Waals surface area contributed by atoms with Crippen LogP contribution in [-0.4, -0.2) is 74.2 Å². The number of esters is 1. The van der Waals surface area contributed by atoms with Crippen LogP contribution in [0.2, 0.25) is 0 Å². The van der Waals surface area contributed by atoms with E-state index in [-0.39, 0.29) is 51.8 Å². The highest BCUT2D eigenvalue weighted by Gasteiger charge is 2.71. The lowest BCUT2D eigenvalue weighted by molar-refractivity contribution is -0.232. The molecule has 0 aliphatic heterocycles. The SMILES string of the molecule is CC(C)C1=C2[C@H]3CC[C@@H]4[C@@]5(C)CC[C@H](OC(=O)CC(C)(C)C(=O)O)C(C)(C)C5CC[C@@]4(C)[C@]3(C)CC[C@@]2(c2nnc(-c3ccc(F)cn3)n2CCN(C)C)CC1=O. The lowest BCUT2D eigenvalue weighted by atomic mass is 9.33. The van der Waals surface area contributed by atoms with Crippen molar-refractivity contribution in [2.75, 3.05) is 20.6 Å². The molecule has 2 aromatic heterocycles. The molecule has 0 amide bonds. The van der Waals surface area contributed by atoms with Crippen LogP contribution in [0, 0.1) is 56.6 Å². The van der Waals surface area contributed by atoms with Gasteiger partial charge in [0.15, 0.2) is 11.6 Å². The number of aliphatic carboxylic acids is 1. The molecule has 2 heterocycles. The monoisotopic (exact) mass is 788 g/mol. The zero-order valence-corrected chi connectivity index (χ0v) is 36.3. The first-order valence-corrected chi connectivity index (χ1v) is 21.4. The predicted octanol–water partition coefficient (Wildman–Crippen LogP) is 8.69. The van der Waals surface area contributed by atoms with Crippen LogP contribution in [0.25, 0.3) is 11.5 Å². The molecule has 10 nitrogen and oxygen atoms in total. The van der Waals surface area contributed by atoms with Gasteiger partial charge in [0.2, 0.25) is 0 Å². The summed E-state index contributed by atoms with van der Waals surface area (Å²) in [5.41, 5.74) is 0.845. The Kier molecular flexibility index (Phi) is 10.3. The third-order valence-electron chi connectivity index (χ3n) is 16.7. The summed E-state index contributed by atoms with van der Waals surface area (Å²) >= 11 is 0. The van der Waals surface area contributed by atoms with Crippen molar-refractivity contribution in [1.29, 1.82) is 0 Å². The number of carboxylic acid groups (broad SMARTS) is 1. The molecule has 2 aromatic rings. The molecule has 1 N–H and O–H groups in total. The van der Waals surface area contributed by atoms with E-state index in [9.17, 15) is 23.9 Å². The van der Waals surface area contributed by atoms with Crippen LogP contribution in [0.15, 0.2) is 29.5 Å². The number of hydrogen-bond donors (Lipinski definition) is 1. The van der Waals surface area contributed by atoms with Crippen LogP contribution >= 0.6 is 0 Å². The molecule has 0 saturated heterocycles. The fourth-order valence-corrected chi connectivity index (χ4v) is 13.6. The molecule has 4 fully saturated rings. The maximum atomic E-state index is 14.5. The van der Waals surface area contributed by atoms with Gasteiger partial charge in [0, 0.05) is 24.9 Å². The van der Waals surface area contributed by atoms with Gasteiger partial charge in [0.1, 0.15) is 23.4 Å². The first-order valence-electron chi connectivity index (χ1n) is 21.4. The van der Waals surface area contributed by atoms with Crippen LogP contribution in [-0.2, 0) is 31.1 Å². The van der Waals surface area contributed by atoms with Crippen molar-refractivity contribution in [1.82, 2.24) is 24.6 Å². The maximum Gasteiger partial charge on any atom is 0.309 e. The largest absolute Gasteiger partial charge is 0.481 e. The lowest BCUT2D eigenvalue weighted by Crippen LogP contribution is -2.66. The Morgan fingerprint density at radius 1 is 0.982 bits per heavy atom. The minimum Gasteiger partial charge on any atom is -0.481 e. The Labute approximate surface area is 338 Å². The van der Waals surface area contributed by atoms with Gasteiger partial charge >= 0.3 is 11.9 Å². The standard InChI is InChI=1S/C46H66FN5O5/c1-27(2)36-31(53)24-46(39-50-49-38(52(39)23-22-51(10)11)30-14-12-28(47)26-48-30)21-20-44(8)29(37(36)46)13-15-33-43(7)18-17-34(57-35(54)25-41(3,4)40(55)56)42(5,6)32(43)16-19-45(33,44)9/h12,14,26-27,29,32-34H,13,15-25H2,1-11H3,(H,55,56)/t29-,32?,33-,34+,43+,44-,45-,46-/m1/s1. The Bertz CT molecular complexity index is 1970. The van der Waals surface area contributed by atoms with Crippen LogP contribution in [0.3, 0.4) is 0 Å². The van der Waals surface area contributed by atoms with E-state index in [2.05, 4.69) is 62.9 Å². The molecule has 7 rings (SSSR count). The first-order chi connectivity index (χ1) is 26.5. The molecule has 8 atom stereocenters. The van der Waals surface area contributed by atoms with Crippen LogP contribution in [0.1, 0.15) is 132 Å². The summed E-state index contributed by atoms with van der Waals surface area (Å²) in [6.45, 7) is 21.0. The minimum atomic E-state index is -1.18. The lowest BCUT2D eigenvalue weighted by Gasteiger charge is -2.72. The van der Waals surface area contributed by atoms with Crippen molar-refractivity contribution < 1.29 is 28.6 Å². The number of rotatable bonds is 10. The molecule has 1 unspecified atom stereocenters. The molecule has 11 heteroatoms. The van der Waals surface area contributed by atoms with E-state index < -0.39 is 28.6 Å². The van der Waals surface area contributed by atoms with Crippen molar-refractivity contribution in [3.05, 3.63) is 41.1 Å². The first kappa shape index (κ1) is 41.7. The number of carboxylic acids is 1. The third kappa shape index (κ3) is 6.33. The number of likely N-dealkylation sites (N-methyl/N-ethyl adjacent to an activating group) is 1. The van der Waals surface area contributed by atoms with Crippen LogP contribution in [0.5, 0.6) is 0 Å². The second kappa shape index (κ2) is 14.1. The van der Waals surface area contributed by atoms with Crippen molar-refractivity contribution in [2.45, 2.75) is 145 Å². The molecule has 0 aromatic carbocycles. The molecule has 4 saturated carbocycles. The smallest absolute Gasteiger partial charge is 0.309 e. The minimum absolute atomic E-state index is 0.0148. The van der Waals surface area contributed by atoms with E-state index in [1.54, 1.807) is 19.9 Å². The van der Waals surface area contributed by atoms with Gasteiger partial charge in [-0.05, 0) is 143 Å². The van der Waals surface area contributed by atoms with Gasteiger partial charge in [-0.15, -0.1) is 10.2 Å². The van der Waals surface area contributed by atoms with Gasteiger partial charge in [-0.25, -0.2) is 9.37 Å². The molecule has 0 bridgehead atoms. The van der Waals surface area contributed by atoms with E-state index in [1.807, 2.05) is 14.1 Å². The van der Waals surface area contributed by atoms with Crippen molar-refractivity contribution >= 4 is 17.7 Å². The molecule has 0 spiro atoms. The van der Waals surface area contributed by atoms with Crippen molar-refractivity contribution in [3.8, 4) is 11.5 Å². The number of halogens is 1. The molecule has 5 aliphatic carbocycles. The number of nitrogens with zero attached hydrogens (tertiary/aromatic N) is 5. The topological polar surface area (TPSA) is 128 Å². The van der Waals surface area contributed by atoms with Crippen molar-refractivity contribution in [3.63, 3.8) is 0 Å². The molecular formula is C46H66FN5O5. The van der Waals surface area contributed by atoms with E-state index in [4.69, 9.17) is 14.9 Å². The number of ether oxygens (including phenoxy) is 1. The highest BCUT2D eigenvalue weighted by molar-refractivity contribution is 6.01. The average Bonchev–Trinajstić information content (AvgIpc) is 3.68. The Morgan fingerprint density at radius 2 is 1.70 bits per heavy atom. The number of carbonyl (C=O) groups excluding carboxylic acids is 2. The van der Waals surface area contributed by atoms with E-state index in [1.165, 1.54) is 17.8 Å². The summed E-state index contributed by atoms with van der Waals surface area (Å²) in [6, 6.07) is 3.08. The van der Waals surface area contributed by atoms with Gasteiger partial charge < -0.3 is 19.3 Å². The van der Waals surface area contributed by atoms with Crippen LogP contribution < -0.4 is 0 Å². The second-order valence-corrected chi connectivity index (χ2v) is 21.1. The van der Waals surface area contributed by atoms with Crippen molar-refractivity contribution in [2.24, 2.45) is 50.7 Å². The van der Waals surface area contributed by atoms with E-state index in [0.29, 0.717) is 36.3 Å². The fraction of sp³-hybridized carbons (Fsp3) is 0.739. The highest BCUT2D eigenvalue weighted by atomic mass is 19.1. The quantitative estimate of drug-likeness (QED) is 0.235. The molecular weight excluding hydrogens is 722 g/mol. The Hall–Kier alpha value is -3.47. The van der Waals surface area contributed by atoms with Gasteiger partial charge in [0.05, 0.1) is 23.4 Å². The number of aromatic nitrogens is 4. The highest BCUT2D eigenvalue weighted by Crippen LogP contribution is 2.76. The number of hydrogen-bond acceptors (Lipinski definition) is 8. The Balaban J connectivity index is 1.25. The summed E-state index contributed by atoms with van der Waals surface area (Å²) in [6.07, 6.45) is 8.88. The predicted molar refractivity (Wildman–Crippen MR) is 216 cm³/mol. The Morgan fingerprint density at radius 3 is 2.33 bits per heavy atom. The summed E-state index contributed by atoms with van der Waals surface area (Å²) in [5, 5.41) is 19.4. The van der Waals surface area contributed by atoms with Crippen LogP contribution in [0.4, 0.5) is 4.39 Å². The average molecular weight is 788 g/mol. The number of fused-ring (bicyclic) bond motifs is 7. The number of carbonyl (C=O) groups is 3. The number of pyridine rings is 1. The molecule has 5 aliphatic rings. The van der Waals surface area contributed by atoms with Gasteiger partial charge in [-0.1, -0.05) is 48.5 Å². The van der Waals surface area contributed by atoms with Gasteiger partial charge in [-0.3, -0.25) is 14.4 Å². The fourth-order valence-electron chi connectivity index (χ4n) is 13.6. The molecule has 0 radical (unpaired) electrons. The zero-order chi connectivity index (χ0) is 41.7. The van der Waals surface area contributed by atoms with E-state index >= 15 is 0 Å². The summed E-state index contributed by atoms with van der Waals surface area (Å²) in [5.74, 6) is 0.947. The summed E-state index contributed by atoms with van der Waals surface area (Å²) in [4.78, 5) is 46.0. The normalized spacial score (nSPS) is 34.8. The van der Waals surface area contributed by atoms with Gasteiger partial charge in [0.25, 0.3) is 0 Å². The molecule has 312 valence electrons. The second-order valence-electron chi connectivity index (χ2n) is 21.1. The maximum absolute atomic E-state index is 14.5. The number of allylic oxidation sites excluding steroid dienone is 2. The molecule has 57 heavy (non-hydrogen) atoms. The number of Topliss-reactive ketones (excluding diaryl/α,β-unsaturated/α-hetero) is 1. The summed E-state index contributed by atoms with van der Waals surface area (Å²) < 4.78 is 22.4. The van der Waals surface area contributed by atoms with E-state index in [0.717, 1.165) is 69.3 Å². The summed E-state index contributed by atoms with van der Waals surface area (Å²) in [7, 11) is 4.09. The van der Waals surface area contributed by atoms with Gasteiger partial charge in [-0.2, -0.15) is 0 Å².